The Morgan fingerprint density at radius 3 is 2.69 bits per heavy atom. The molecule has 32 heavy (non-hydrogen) atoms. The highest BCUT2D eigenvalue weighted by Crippen LogP contribution is 2.32. The van der Waals surface area contributed by atoms with Crippen LogP contribution in [0.1, 0.15) is 34.5 Å². The van der Waals surface area contributed by atoms with Gasteiger partial charge in [-0.3, -0.25) is 9.78 Å². The SMILES string of the molecule is Cc1oncc1C(=O)N1C[C@@H](OCc2cccnc2)[C@H]2OCCC[C@H]21.O=C(O)C(F)(F)F. The van der Waals surface area contributed by atoms with Crippen molar-refractivity contribution in [1.82, 2.24) is 15.0 Å². The maximum atomic E-state index is 12.9. The fourth-order valence-corrected chi connectivity index (χ4v) is 3.64. The van der Waals surface area contributed by atoms with Crippen molar-refractivity contribution in [3.05, 3.63) is 47.6 Å². The number of rotatable bonds is 4. The quantitative estimate of drug-likeness (QED) is 0.745. The van der Waals surface area contributed by atoms with Gasteiger partial charge in [0.15, 0.2) is 0 Å². The van der Waals surface area contributed by atoms with Gasteiger partial charge in [0.05, 0.1) is 25.4 Å². The topological polar surface area (TPSA) is 115 Å². The second kappa shape index (κ2) is 10.1. The van der Waals surface area contributed by atoms with Crippen molar-refractivity contribution in [2.24, 2.45) is 0 Å². The summed E-state index contributed by atoms with van der Waals surface area (Å²) in [6, 6.07) is 3.90. The summed E-state index contributed by atoms with van der Waals surface area (Å²) in [6.45, 7) is 3.43. The number of fused-ring (bicyclic) bond motifs is 1. The molecule has 0 aliphatic carbocycles. The third-order valence-electron chi connectivity index (χ3n) is 5.15. The summed E-state index contributed by atoms with van der Waals surface area (Å²) in [6.07, 6.45) is 1.57. The van der Waals surface area contributed by atoms with Gasteiger partial charge in [-0.15, -0.1) is 0 Å². The molecule has 1 amide bonds. The van der Waals surface area contributed by atoms with Gasteiger partial charge in [0.2, 0.25) is 0 Å². The van der Waals surface area contributed by atoms with E-state index in [9.17, 15) is 18.0 Å². The molecule has 0 aromatic carbocycles. The zero-order chi connectivity index (χ0) is 23.3. The van der Waals surface area contributed by atoms with Crippen molar-refractivity contribution in [3.63, 3.8) is 0 Å². The number of likely N-dealkylation sites (tertiary alicyclic amines) is 1. The molecule has 0 unspecified atom stereocenters. The number of pyridine rings is 1. The molecule has 4 rings (SSSR count). The lowest BCUT2D eigenvalue weighted by atomic mass is 10.0. The molecule has 174 valence electrons. The smallest absolute Gasteiger partial charge is 0.475 e. The molecule has 2 saturated heterocycles. The summed E-state index contributed by atoms with van der Waals surface area (Å²) >= 11 is 0. The molecule has 2 aliphatic heterocycles. The van der Waals surface area contributed by atoms with E-state index in [2.05, 4.69) is 10.1 Å². The maximum absolute atomic E-state index is 12.9. The van der Waals surface area contributed by atoms with Crippen LogP contribution in [0.4, 0.5) is 13.2 Å². The molecule has 12 heteroatoms. The first-order valence-electron chi connectivity index (χ1n) is 9.83. The number of ether oxygens (including phenoxy) is 2. The number of carbonyl (C=O) groups excluding carboxylic acids is 1. The molecule has 2 aromatic heterocycles. The van der Waals surface area contributed by atoms with E-state index in [0.29, 0.717) is 31.1 Å². The number of amides is 1. The van der Waals surface area contributed by atoms with Gasteiger partial charge in [0, 0.05) is 19.0 Å². The molecule has 0 radical (unpaired) electrons. The lowest BCUT2D eigenvalue weighted by Crippen LogP contribution is -2.43. The van der Waals surface area contributed by atoms with Crippen molar-refractivity contribution < 1.29 is 41.9 Å². The number of carbonyl (C=O) groups is 2. The van der Waals surface area contributed by atoms with Crippen LogP contribution in [0.25, 0.3) is 0 Å². The van der Waals surface area contributed by atoms with Crippen molar-refractivity contribution in [1.29, 1.82) is 0 Å². The Bertz CT molecular complexity index is 921. The Hall–Kier alpha value is -2.99. The van der Waals surface area contributed by atoms with Crippen LogP contribution in [0.15, 0.2) is 35.2 Å². The van der Waals surface area contributed by atoms with Crippen LogP contribution >= 0.6 is 0 Å². The summed E-state index contributed by atoms with van der Waals surface area (Å²) in [5, 5.41) is 10.8. The van der Waals surface area contributed by atoms with Crippen LogP contribution in [0.5, 0.6) is 0 Å². The zero-order valence-electron chi connectivity index (χ0n) is 17.1. The minimum absolute atomic E-state index is 0.0365. The second-order valence-electron chi connectivity index (χ2n) is 7.31. The summed E-state index contributed by atoms with van der Waals surface area (Å²) in [5.41, 5.74) is 1.52. The fourth-order valence-electron chi connectivity index (χ4n) is 3.64. The normalized spacial score (nSPS) is 22.6. The Labute approximate surface area is 181 Å². The van der Waals surface area contributed by atoms with E-state index in [1.54, 1.807) is 19.3 Å². The van der Waals surface area contributed by atoms with E-state index in [1.165, 1.54) is 6.20 Å². The summed E-state index contributed by atoms with van der Waals surface area (Å²) in [5.74, 6) is -2.28. The average molecular weight is 457 g/mol. The van der Waals surface area contributed by atoms with E-state index in [-0.39, 0.29) is 24.2 Å². The highest BCUT2D eigenvalue weighted by Gasteiger charge is 2.47. The lowest BCUT2D eigenvalue weighted by molar-refractivity contribution is -0.192. The van der Waals surface area contributed by atoms with Gasteiger partial charge in [-0.1, -0.05) is 11.2 Å². The van der Waals surface area contributed by atoms with Crippen LogP contribution < -0.4 is 0 Å². The van der Waals surface area contributed by atoms with Gasteiger partial charge in [-0.05, 0) is 31.4 Å². The number of hydrogen-bond acceptors (Lipinski definition) is 7. The van der Waals surface area contributed by atoms with Gasteiger partial charge in [0.1, 0.15) is 23.5 Å². The molecule has 2 aliphatic rings. The number of carboxylic acid groups (broad SMARTS) is 1. The number of hydrogen-bond donors (Lipinski definition) is 1. The predicted octanol–water partition coefficient (Wildman–Crippen LogP) is 2.60. The monoisotopic (exact) mass is 457 g/mol. The van der Waals surface area contributed by atoms with Gasteiger partial charge in [-0.2, -0.15) is 13.2 Å². The number of aromatic nitrogens is 2. The first-order chi connectivity index (χ1) is 15.2. The number of aryl methyl sites for hydroxylation is 1. The molecular formula is C20H22F3N3O6. The van der Waals surface area contributed by atoms with Crippen LogP contribution in [0.2, 0.25) is 0 Å². The lowest BCUT2D eigenvalue weighted by Gasteiger charge is -2.32. The number of halogens is 3. The van der Waals surface area contributed by atoms with Crippen molar-refractivity contribution >= 4 is 11.9 Å². The molecule has 1 N–H and O–H groups in total. The molecule has 0 bridgehead atoms. The fraction of sp³-hybridized carbons (Fsp3) is 0.500. The molecule has 3 atom stereocenters. The molecule has 9 nitrogen and oxygen atoms in total. The largest absolute Gasteiger partial charge is 0.490 e. The van der Waals surface area contributed by atoms with Crippen molar-refractivity contribution in [3.8, 4) is 0 Å². The highest BCUT2D eigenvalue weighted by atomic mass is 19.4. The van der Waals surface area contributed by atoms with E-state index >= 15 is 0 Å². The second-order valence-corrected chi connectivity index (χ2v) is 7.31. The summed E-state index contributed by atoms with van der Waals surface area (Å²) in [7, 11) is 0. The molecule has 0 spiro atoms. The van der Waals surface area contributed by atoms with Crippen LogP contribution in [0, 0.1) is 6.92 Å². The maximum Gasteiger partial charge on any atom is 0.490 e. The first-order valence-corrected chi connectivity index (χ1v) is 9.83. The Kier molecular flexibility index (Phi) is 7.46. The predicted molar refractivity (Wildman–Crippen MR) is 102 cm³/mol. The average Bonchev–Trinajstić information content (AvgIpc) is 3.36. The minimum atomic E-state index is -5.08. The van der Waals surface area contributed by atoms with E-state index in [0.717, 1.165) is 18.4 Å². The van der Waals surface area contributed by atoms with Gasteiger partial charge in [0.25, 0.3) is 5.91 Å². The zero-order valence-corrected chi connectivity index (χ0v) is 17.1. The van der Waals surface area contributed by atoms with Gasteiger partial charge < -0.3 is 24.0 Å². The van der Waals surface area contributed by atoms with E-state index in [4.69, 9.17) is 23.9 Å². The number of nitrogens with zero attached hydrogens (tertiary/aromatic N) is 3. The first kappa shape index (κ1) is 23.7. The minimum Gasteiger partial charge on any atom is -0.475 e. The molecular weight excluding hydrogens is 435 g/mol. The summed E-state index contributed by atoms with van der Waals surface area (Å²) < 4.78 is 48.8. The molecule has 2 fully saturated rings. The molecule has 4 heterocycles. The van der Waals surface area contributed by atoms with Crippen LogP contribution in [-0.2, 0) is 20.9 Å². The number of carboxylic acids is 1. The molecule has 0 saturated carbocycles. The number of aliphatic carboxylic acids is 1. The third-order valence-corrected chi connectivity index (χ3v) is 5.15. The van der Waals surface area contributed by atoms with Crippen molar-refractivity contribution in [2.45, 2.75) is 50.8 Å². The standard InChI is InChI=1S/C18H21N3O4.C2HF3O2/c1-12-14(9-20-25-12)18(22)21-10-16(17-15(21)5-3-7-23-17)24-11-13-4-2-6-19-8-13;3-2(4,5)1(6)7/h2,4,6,8-9,15-17H,3,5,7,10-11H2,1H3;(H,6,7)/t15-,16-,17+;/m1./s1. The van der Waals surface area contributed by atoms with Gasteiger partial charge >= 0.3 is 12.1 Å². The molecule has 2 aromatic rings. The van der Waals surface area contributed by atoms with Crippen LogP contribution in [-0.4, -0.2) is 69.6 Å². The Morgan fingerprint density at radius 2 is 2.09 bits per heavy atom. The van der Waals surface area contributed by atoms with Crippen molar-refractivity contribution in [2.75, 3.05) is 13.2 Å². The Balaban J connectivity index is 0.000000360. The van der Waals surface area contributed by atoms with E-state index in [1.807, 2.05) is 17.0 Å². The van der Waals surface area contributed by atoms with E-state index < -0.39 is 12.1 Å². The summed E-state index contributed by atoms with van der Waals surface area (Å²) in [4.78, 5) is 27.8. The Morgan fingerprint density at radius 1 is 1.34 bits per heavy atom. The number of alkyl halides is 3. The third kappa shape index (κ3) is 5.62. The van der Waals surface area contributed by atoms with Gasteiger partial charge in [-0.25, -0.2) is 4.79 Å². The van der Waals surface area contributed by atoms with Crippen LogP contribution in [0.3, 0.4) is 0 Å². The highest BCUT2D eigenvalue weighted by molar-refractivity contribution is 5.95.